The van der Waals surface area contributed by atoms with Gasteiger partial charge in [0.25, 0.3) is 0 Å². The summed E-state index contributed by atoms with van der Waals surface area (Å²) in [6.07, 6.45) is 5.28. The van der Waals surface area contributed by atoms with E-state index in [9.17, 15) is 8.42 Å². The van der Waals surface area contributed by atoms with E-state index in [4.69, 9.17) is 4.74 Å². The van der Waals surface area contributed by atoms with Crippen LogP contribution in [-0.4, -0.2) is 25.1 Å². The van der Waals surface area contributed by atoms with Crippen LogP contribution in [0.15, 0.2) is 66.1 Å². The van der Waals surface area contributed by atoms with Gasteiger partial charge in [-0.05, 0) is 55.3 Å². The maximum absolute atomic E-state index is 12.7. The number of nitrogens with one attached hydrogen (secondary N) is 1. The molecule has 0 aliphatic carbocycles. The van der Waals surface area contributed by atoms with Gasteiger partial charge in [0.1, 0.15) is 5.75 Å². The van der Waals surface area contributed by atoms with Crippen molar-refractivity contribution in [1.82, 2.24) is 14.3 Å². The Kier molecular flexibility index (Phi) is 5.11. The third-order valence-corrected chi connectivity index (χ3v) is 5.74. The van der Waals surface area contributed by atoms with Gasteiger partial charge in [-0.15, -0.1) is 0 Å². The molecule has 2 aromatic carbocycles. The van der Waals surface area contributed by atoms with Crippen molar-refractivity contribution in [3.05, 3.63) is 72.3 Å². The van der Waals surface area contributed by atoms with Gasteiger partial charge in [0, 0.05) is 24.1 Å². The van der Waals surface area contributed by atoms with Crippen LogP contribution in [0, 0.1) is 6.92 Å². The SMILES string of the molecule is COc1ccc(S(=O)(=O)NC(C)c2ccc(-n3ccnc3)cc2)cc1C. The number of sulfonamides is 1. The zero-order valence-corrected chi connectivity index (χ0v) is 15.7. The summed E-state index contributed by atoms with van der Waals surface area (Å²) < 4.78 is 35.1. The van der Waals surface area contributed by atoms with Gasteiger partial charge in [0.2, 0.25) is 10.0 Å². The smallest absolute Gasteiger partial charge is 0.241 e. The number of aryl methyl sites for hydroxylation is 1. The molecular weight excluding hydrogens is 350 g/mol. The number of hydrogen-bond acceptors (Lipinski definition) is 4. The van der Waals surface area contributed by atoms with E-state index in [1.807, 2.05) is 48.9 Å². The fourth-order valence-electron chi connectivity index (χ4n) is 2.73. The highest BCUT2D eigenvalue weighted by Crippen LogP contribution is 2.23. The topological polar surface area (TPSA) is 73.2 Å². The second-order valence-corrected chi connectivity index (χ2v) is 7.75. The molecule has 6 nitrogen and oxygen atoms in total. The molecule has 0 bridgehead atoms. The molecule has 1 atom stereocenters. The average Bonchev–Trinajstić information content (AvgIpc) is 3.16. The molecule has 0 saturated heterocycles. The number of hydrogen-bond donors (Lipinski definition) is 1. The predicted octanol–water partition coefficient (Wildman–Crippen LogP) is 3.23. The first-order chi connectivity index (χ1) is 12.4. The molecule has 1 aromatic heterocycles. The van der Waals surface area contributed by atoms with E-state index in [-0.39, 0.29) is 10.9 Å². The van der Waals surface area contributed by atoms with Gasteiger partial charge in [0.15, 0.2) is 0 Å². The van der Waals surface area contributed by atoms with E-state index in [1.165, 1.54) is 0 Å². The highest BCUT2D eigenvalue weighted by atomic mass is 32.2. The molecule has 0 fully saturated rings. The lowest BCUT2D eigenvalue weighted by molar-refractivity contribution is 0.411. The zero-order chi connectivity index (χ0) is 18.7. The van der Waals surface area contributed by atoms with Crippen molar-refractivity contribution in [2.75, 3.05) is 7.11 Å². The van der Waals surface area contributed by atoms with E-state index < -0.39 is 10.0 Å². The summed E-state index contributed by atoms with van der Waals surface area (Å²) in [6, 6.07) is 12.1. The molecule has 7 heteroatoms. The van der Waals surface area contributed by atoms with Crippen molar-refractivity contribution < 1.29 is 13.2 Å². The summed E-state index contributed by atoms with van der Waals surface area (Å²) in [5, 5.41) is 0. The summed E-state index contributed by atoms with van der Waals surface area (Å²) in [4.78, 5) is 4.24. The second-order valence-electron chi connectivity index (χ2n) is 6.04. The van der Waals surface area contributed by atoms with E-state index >= 15 is 0 Å². The Labute approximate surface area is 153 Å². The van der Waals surface area contributed by atoms with Crippen LogP contribution >= 0.6 is 0 Å². The Balaban J connectivity index is 1.78. The molecule has 3 aromatic rings. The molecule has 0 amide bonds. The normalized spacial score (nSPS) is 12.7. The lowest BCUT2D eigenvalue weighted by Crippen LogP contribution is -2.27. The molecule has 26 heavy (non-hydrogen) atoms. The second kappa shape index (κ2) is 7.31. The maximum atomic E-state index is 12.7. The maximum Gasteiger partial charge on any atom is 0.241 e. The van der Waals surface area contributed by atoms with E-state index in [1.54, 1.807) is 37.8 Å². The van der Waals surface area contributed by atoms with Crippen LogP contribution in [0.5, 0.6) is 5.75 Å². The third-order valence-electron chi connectivity index (χ3n) is 4.20. The summed E-state index contributed by atoms with van der Waals surface area (Å²) in [5.74, 6) is 0.659. The minimum absolute atomic E-state index is 0.220. The van der Waals surface area contributed by atoms with Crippen molar-refractivity contribution in [3.63, 3.8) is 0 Å². The molecule has 1 heterocycles. The molecule has 1 unspecified atom stereocenters. The lowest BCUT2D eigenvalue weighted by Gasteiger charge is -2.16. The Morgan fingerprint density at radius 3 is 2.46 bits per heavy atom. The molecule has 1 N–H and O–H groups in total. The van der Waals surface area contributed by atoms with E-state index in [2.05, 4.69) is 9.71 Å². The molecule has 0 radical (unpaired) electrons. The van der Waals surface area contributed by atoms with Crippen LogP contribution < -0.4 is 9.46 Å². The van der Waals surface area contributed by atoms with Gasteiger partial charge in [-0.1, -0.05) is 12.1 Å². The van der Waals surface area contributed by atoms with Gasteiger partial charge >= 0.3 is 0 Å². The molecule has 0 saturated carbocycles. The first kappa shape index (κ1) is 18.2. The Morgan fingerprint density at radius 2 is 1.88 bits per heavy atom. The first-order valence-corrected chi connectivity index (χ1v) is 9.64. The van der Waals surface area contributed by atoms with Gasteiger partial charge < -0.3 is 9.30 Å². The Hall–Kier alpha value is -2.64. The van der Waals surface area contributed by atoms with Crippen molar-refractivity contribution in [2.45, 2.75) is 24.8 Å². The molecule has 0 aliphatic rings. The fraction of sp³-hybridized carbons (Fsp3) is 0.211. The molecular formula is C19H21N3O3S. The highest BCUT2D eigenvalue weighted by Gasteiger charge is 2.19. The monoisotopic (exact) mass is 371 g/mol. The van der Waals surface area contributed by atoms with E-state index in [0.717, 1.165) is 16.8 Å². The van der Waals surface area contributed by atoms with Gasteiger partial charge in [-0.3, -0.25) is 0 Å². The summed E-state index contributed by atoms with van der Waals surface area (Å²) in [7, 11) is -2.07. The van der Waals surface area contributed by atoms with Crippen LogP contribution in [-0.2, 0) is 10.0 Å². The van der Waals surface area contributed by atoms with Crippen molar-refractivity contribution >= 4 is 10.0 Å². The Morgan fingerprint density at radius 1 is 1.15 bits per heavy atom. The molecule has 0 aliphatic heterocycles. The highest BCUT2D eigenvalue weighted by molar-refractivity contribution is 7.89. The van der Waals surface area contributed by atoms with Gasteiger partial charge in [-0.2, -0.15) is 0 Å². The molecule has 3 rings (SSSR count). The number of rotatable bonds is 6. The predicted molar refractivity (Wildman–Crippen MR) is 100 cm³/mol. The van der Waals surface area contributed by atoms with Crippen molar-refractivity contribution in [2.24, 2.45) is 0 Å². The van der Waals surface area contributed by atoms with Crippen LogP contribution in [0.1, 0.15) is 24.1 Å². The summed E-state index contributed by atoms with van der Waals surface area (Å²) in [5.41, 5.74) is 2.61. The summed E-state index contributed by atoms with van der Waals surface area (Å²) in [6.45, 7) is 3.64. The van der Waals surface area contributed by atoms with Gasteiger partial charge in [0.05, 0.1) is 18.3 Å². The largest absolute Gasteiger partial charge is 0.496 e. The number of benzene rings is 2. The first-order valence-electron chi connectivity index (χ1n) is 8.16. The lowest BCUT2D eigenvalue weighted by atomic mass is 10.1. The number of nitrogens with zero attached hydrogens (tertiary/aromatic N) is 2. The minimum atomic E-state index is -3.63. The van der Waals surface area contributed by atoms with Crippen LogP contribution in [0.4, 0.5) is 0 Å². The molecule has 136 valence electrons. The Bertz CT molecular complexity index is 981. The van der Waals surface area contributed by atoms with Crippen LogP contribution in [0.2, 0.25) is 0 Å². The minimum Gasteiger partial charge on any atom is -0.496 e. The van der Waals surface area contributed by atoms with Crippen LogP contribution in [0.25, 0.3) is 5.69 Å². The molecule has 0 spiro atoms. The average molecular weight is 371 g/mol. The number of methoxy groups -OCH3 is 1. The third kappa shape index (κ3) is 3.79. The van der Waals surface area contributed by atoms with Gasteiger partial charge in [-0.25, -0.2) is 18.1 Å². The van der Waals surface area contributed by atoms with E-state index in [0.29, 0.717) is 5.75 Å². The quantitative estimate of drug-likeness (QED) is 0.722. The summed E-state index contributed by atoms with van der Waals surface area (Å²) >= 11 is 0. The number of ether oxygens (including phenoxy) is 1. The van der Waals surface area contributed by atoms with Crippen molar-refractivity contribution in [3.8, 4) is 11.4 Å². The number of aromatic nitrogens is 2. The standard InChI is InChI=1S/C19H21N3O3S/c1-14-12-18(8-9-19(14)25-3)26(23,24)21-15(2)16-4-6-17(7-5-16)22-11-10-20-13-22/h4-13,15,21H,1-3H3. The number of imidazole rings is 1. The fourth-order valence-corrected chi connectivity index (χ4v) is 4.05. The van der Waals surface area contributed by atoms with Crippen LogP contribution in [0.3, 0.4) is 0 Å². The zero-order valence-electron chi connectivity index (χ0n) is 14.9. The van der Waals surface area contributed by atoms with Crippen molar-refractivity contribution in [1.29, 1.82) is 0 Å².